The Balaban J connectivity index is 3.21. The van der Waals surface area contributed by atoms with Crippen LogP contribution >= 0.6 is 15.9 Å². The van der Waals surface area contributed by atoms with Crippen molar-refractivity contribution < 1.29 is 9.90 Å². The normalized spacial score (nSPS) is 11.4. The Morgan fingerprint density at radius 1 is 1.50 bits per heavy atom. The van der Waals surface area contributed by atoms with Crippen molar-refractivity contribution in [1.29, 1.82) is 0 Å². The van der Waals surface area contributed by atoms with Gasteiger partial charge in [-0.1, -0.05) is 22.0 Å². The monoisotopic (exact) mass is 257 g/mol. The molecule has 0 heterocycles. The maximum Gasteiger partial charge on any atom is 0.248 e. The van der Waals surface area contributed by atoms with Crippen molar-refractivity contribution in [3.8, 4) is 0 Å². The lowest BCUT2D eigenvalue weighted by Crippen LogP contribution is -2.17. The molecule has 0 spiro atoms. The summed E-state index contributed by atoms with van der Waals surface area (Å²) in [7, 11) is 0. The van der Waals surface area contributed by atoms with Crippen LogP contribution in [0.3, 0.4) is 0 Å². The number of benzene rings is 1. The van der Waals surface area contributed by atoms with E-state index in [9.17, 15) is 9.90 Å². The zero-order chi connectivity index (χ0) is 10.9. The minimum atomic E-state index is -0.936. The van der Waals surface area contributed by atoms with Gasteiger partial charge >= 0.3 is 0 Å². The van der Waals surface area contributed by atoms with E-state index in [1.165, 1.54) is 0 Å². The molecule has 0 bridgehead atoms. The maximum atomic E-state index is 10.9. The van der Waals surface area contributed by atoms with Gasteiger partial charge in [0.1, 0.15) is 0 Å². The van der Waals surface area contributed by atoms with Crippen LogP contribution in [0.4, 0.5) is 0 Å². The fourth-order valence-corrected chi connectivity index (χ4v) is 2.03. The number of amides is 1. The molecule has 0 fully saturated rings. The van der Waals surface area contributed by atoms with Gasteiger partial charge in [0.2, 0.25) is 5.91 Å². The first kappa shape index (κ1) is 11.2. The first-order chi connectivity index (χ1) is 6.32. The smallest absolute Gasteiger partial charge is 0.248 e. The molecule has 0 aliphatic carbocycles. The van der Waals surface area contributed by atoms with Crippen LogP contribution in [0, 0.1) is 0 Å². The fourth-order valence-electron chi connectivity index (χ4n) is 1.16. The van der Waals surface area contributed by atoms with Crippen LogP contribution in [-0.2, 0) is 5.60 Å². The van der Waals surface area contributed by atoms with Gasteiger partial charge in [-0.2, -0.15) is 0 Å². The predicted octanol–water partition coefficient (Wildman–Crippen LogP) is 1.78. The molecule has 3 N–H and O–H groups in total. The number of hydrogen-bond donors (Lipinski definition) is 2. The molecule has 0 aliphatic heterocycles. The molecule has 0 saturated carbocycles. The van der Waals surface area contributed by atoms with Crippen LogP contribution in [-0.4, -0.2) is 11.0 Å². The summed E-state index contributed by atoms with van der Waals surface area (Å²) in [5.41, 5.74) is 5.33. The Labute approximate surface area is 91.1 Å². The van der Waals surface area contributed by atoms with Crippen LogP contribution in [0.5, 0.6) is 0 Å². The Hall–Kier alpha value is -0.870. The third-order valence-corrected chi connectivity index (χ3v) is 2.57. The minimum Gasteiger partial charge on any atom is -0.386 e. The molecule has 1 aromatic carbocycles. The van der Waals surface area contributed by atoms with Crippen LogP contribution < -0.4 is 5.73 Å². The van der Waals surface area contributed by atoms with Crippen LogP contribution in [0.1, 0.15) is 29.8 Å². The lowest BCUT2D eigenvalue weighted by molar-refractivity contribution is 0.0777. The summed E-state index contributed by atoms with van der Waals surface area (Å²) < 4.78 is 0.682. The summed E-state index contributed by atoms with van der Waals surface area (Å²) in [6.07, 6.45) is 0. The molecule has 14 heavy (non-hydrogen) atoms. The van der Waals surface area contributed by atoms with E-state index in [1.54, 1.807) is 32.0 Å². The van der Waals surface area contributed by atoms with E-state index in [-0.39, 0.29) is 0 Å². The van der Waals surface area contributed by atoms with Crippen molar-refractivity contribution in [2.24, 2.45) is 5.73 Å². The largest absolute Gasteiger partial charge is 0.386 e. The summed E-state index contributed by atoms with van der Waals surface area (Å²) in [5, 5.41) is 9.75. The molecule has 0 saturated heterocycles. The quantitative estimate of drug-likeness (QED) is 0.849. The van der Waals surface area contributed by atoms with Gasteiger partial charge in [-0.25, -0.2) is 0 Å². The molecular formula is C10H12BrNO2. The molecule has 0 unspecified atom stereocenters. The van der Waals surface area contributed by atoms with Gasteiger partial charge in [-0.3, -0.25) is 4.79 Å². The number of carbonyl (C=O) groups excluding carboxylic acids is 1. The number of carbonyl (C=O) groups is 1. The van der Waals surface area contributed by atoms with Gasteiger partial charge in [-0.05, 0) is 31.5 Å². The van der Waals surface area contributed by atoms with Gasteiger partial charge in [0.05, 0.1) is 5.60 Å². The number of aliphatic hydroxyl groups is 1. The molecule has 1 aromatic rings. The summed E-state index contributed by atoms with van der Waals surface area (Å²) in [6.45, 7) is 3.36. The highest BCUT2D eigenvalue weighted by Crippen LogP contribution is 2.28. The van der Waals surface area contributed by atoms with E-state index in [0.29, 0.717) is 10.0 Å². The summed E-state index contributed by atoms with van der Waals surface area (Å²) in [6, 6.07) is 4.89. The first-order valence-electron chi connectivity index (χ1n) is 4.14. The van der Waals surface area contributed by atoms with E-state index in [4.69, 9.17) is 5.73 Å². The highest BCUT2D eigenvalue weighted by Gasteiger charge is 2.19. The second-order valence-corrected chi connectivity index (χ2v) is 4.47. The second-order valence-electron chi connectivity index (χ2n) is 3.62. The summed E-state index contributed by atoms with van der Waals surface area (Å²) >= 11 is 3.28. The van der Waals surface area contributed by atoms with Crippen LogP contribution in [0.2, 0.25) is 0 Å². The predicted molar refractivity (Wildman–Crippen MR) is 57.9 cm³/mol. The van der Waals surface area contributed by atoms with Crippen molar-refractivity contribution in [3.05, 3.63) is 33.8 Å². The second kappa shape index (κ2) is 3.71. The SMILES string of the molecule is CC(C)(O)c1ccc(C(N)=O)cc1Br. The van der Waals surface area contributed by atoms with Crippen molar-refractivity contribution in [2.45, 2.75) is 19.4 Å². The number of halogens is 1. The lowest BCUT2D eigenvalue weighted by Gasteiger charge is -2.19. The average molecular weight is 258 g/mol. The first-order valence-corrected chi connectivity index (χ1v) is 4.94. The highest BCUT2D eigenvalue weighted by atomic mass is 79.9. The molecule has 0 aromatic heterocycles. The molecule has 76 valence electrons. The Kier molecular flexibility index (Phi) is 2.97. The Morgan fingerprint density at radius 2 is 2.07 bits per heavy atom. The third kappa shape index (κ3) is 2.33. The van der Waals surface area contributed by atoms with Crippen molar-refractivity contribution in [3.63, 3.8) is 0 Å². The summed E-state index contributed by atoms with van der Waals surface area (Å²) in [4.78, 5) is 10.9. The molecule has 1 amide bonds. The molecule has 1 rings (SSSR count). The average Bonchev–Trinajstić information content (AvgIpc) is 2.01. The molecule has 3 nitrogen and oxygen atoms in total. The van der Waals surface area contributed by atoms with E-state index < -0.39 is 11.5 Å². The Bertz CT molecular complexity index is 369. The van der Waals surface area contributed by atoms with Crippen molar-refractivity contribution in [1.82, 2.24) is 0 Å². The van der Waals surface area contributed by atoms with E-state index >= 15 is 0 Å². The van der Waals surface area contributed by atoms with Gasteiger partial charge in [0, 0.05) is 10.0 Å². The number of hydrogen-bond acceptors (Lipinski definition) is 2. The van der Waals surface area contributed by atoms with Crippen molar-refractivity contribution >= 4 is 21.8 Å². The molecular weight excluding hydrogens is 246 g/mol. The summed E-state index contributed by atoms with van der Waals surface area (Å²) in [5.74, 6) is -0.479. The molecule has 0 aliphatic rings. The van der Waals surface area contributed by atoms with Crippen LogP contribution in [0.25, 0.3) is 0 Å². The Morgan fingerprint density at radius 3 is 2.43 bits per heavy atom. The van der Waals surface area contributed by atoms with Crippen LogP contribution in [0.15, 0.2) is 22.7 Å². The fraction of sp³-hybridized carbons (Fsp3) is 0.300. The van der Waals surface area contributed by atoms with Gasteiger partial charge in [0.25, 0.3) is 0 Å². The maximum absolute atomic E-state index is 10.9. The van der Waals surface area contributed by atoms with Gasteiger partial charge < -0.3 is 10.8 Å². The highest BCUT2D eigenvalue weighted by molar-refractivity contribution is 9.10. The zero-order valence-electron chi connectivity index (χ0n) is 8.04. The molecule has 0 atom stereocenters. The molecule has 4 heteroatoms. The number of rotatable bonds is 2. The van der Waals surface area contributed by atoms with E-state index in [2.05, 4.69) is 15.9 Å². The van der Waals surface area contributed by atoms with E-state index in [0.717, 1.165) is 5.56 Å². The van der Waals surface area contributed by atoms with Gasteiger partial charge in [-0.15, -0.1) is 0 Å². The minimum absolute atomic E-state index is 0.421. The van der Waals surface area contributed by atoms with E-state index in [1.807, 2.05) is 0 Å². The zero-order valence-corrected chi connectivity index (χ0v) is 9.63. The van der Waals surface area contributed by atoms with Crippen molar-refractivity contribution in [2.75, 3.05) is 0 Å². The topological polar surface area (TPSA) is 63.3 Å². The standard InChI is InChI=1S/C10H12BrNO2/c1-10(2,14)7-4-3-6(9(12)13)5-8(7)11/h3-5,14H,1-2H3,(H2,12,13). The number of nitrogens with two attached hydrogens (primary N) is 1. The molecule has 0 radical (unpaired) electrons. The number of primary amides is 1. The lowest BCUT2D eigenvalue weighted by atomic mass is 9.97. The van der Waals surface area contributed by atoms with Gasteiger partial charge in [0.15, 0.2) is 0 Å². The third-order valence-electron chi connectivity index (χ3n) is 1.91.